The molecular weight excluding hydrogens is 247 g/mol. The minimum atomic E-state index is -0.458. The molecule has 0 bridgehead atoms. The van der Waals surface area contributed by atoms with E-state index in [1.165, 1.54) is 24.3 Å². The van der Waals surface area contributed by atoms with Crippen LogP contribution in [0.25, 0.3) is 0 Å². The number of anilines is 1. The van der Waals surface area contributed by atoms with Crippen LogP contribution in [-0.2, 0) is 4.79 Å². The van der Waals surface area contributed by atoms with Crippen molar-refractivity contribution < 1.29 is 9.18 Å². The molecule has 0 aromatic heterocycles. The van der Waals surface area contributed by atoms with Gasteiger partial charge in [-0.2, -0.15) is 0 Å². The smallest absolute Gasteiger partial charge is 0.230 e. The number of benzene rings is 1. The first-order valence-corrected chi connectivity index (χ1v) is 5.52. The van der Waals surface area contributed by atoms with Gasteiger partial charge in [0.15, 0.2) is 0 Å². The van der Waals surface area contributed by atoms with E-state index in [9.17, 15) is 9.18 Å². The first-order valence-electron chi connectivity index (χ1n) is 5.52. The molecule has 0 fully saturated rings. The minimum Gasteiger partial charge on any atom is -0.324 e. The Balaban J connectivity index is 2.54. The third-order valence-electron chi connectivity index (χ3n) is 2.57. The first-order chi connectivity index (χ1) is 9.13. The highest BCUT2D eigenvalue weighted by atomic mass is 19.1. The zero-order valence-electron chi connectivity index (χ0n) is 9.90. The SMILES string of the molecule is N=C/C=C(\C=N)C1=Nc2ccc(F)cc2NC(=O)C1. The van der Waals surface area contributed by atoms with Gasteiger partial charge in [-0.15, -0.1) is 0 Å². The zero-order chi connectivity index (χ0) is 13.8. The fraction of sp³-hybridized carbons (Fsp3) is 0.0769. The molecule has 1 aliphatic heterocycles. The zero-order valence-corrected chi connectivity index (χ0v) is 9.90. The summed E-state index contributed by atoms with van der Waals surface area (Å²) in [4.78, 5) is 16.0. The van der Waals surface area contributed by atoms with Crippen LogP contribution in [0.1, 0.15) is 6.42 Å². The standard InChI is InChI=1S/C13H11FN4O/c14-9-1-2-10-12(5-9)18-13(19)6-11(17-10)8(7-16)3-4-15/h1-5,7,15-16H,6H2,(H,18,19)/b8-3+,15-4?,16-7?. The van der Waals surface area contributed by atoms with Gasteiger partial charge in [0.1, 0.15) is 5.82 Å². The van der Waals surface area contributed by atoms with Crippen molar-refractivity contribution in [2.45, 2.75) is 6.42 Å². The molecule has 19 heavy (non-hydrogen) atoms. The normalized spacial score (nSPS) is 14.9. The number of nitrogens with zero attached hydrogens (tertiary/aromatic N) is 1. The lowest BCUT2D eigenvalue weighted by Gasteiger charge is -2.03. The number of halogens is 1. The molecule has 0 spiro atoms. The number of fused-ring (bicyclic) bond motifs is 1. The maximum absolute atomic E-state index is 13.1. The van der Waals surface area contributed by atoms with E-state index in [1.807, 2.05) is 0 Å². The van der Waals surface area contributed by atoms with E-state index in [0.717, 1.165) is 12.4 Å². The molecule has 1 heterocycles. The van der Waals surface area contributed by atoms with E-state index in [2.05, 4.69) is 10.3 Å². The third-order valence-corrected chi connectivity index (χ3v) is 2.57. The molecule has 0 saturated carbocycles. The topological polar surface area (TPSA) is 89.2 Å². The quantitative estimate of drug-likeness (QED) is 0.714. The molecule has 1 aliphatic rings. The Morgan fingerprint density at radius 3 is 2.89 bits per heavy atom. The third kappa shape index (κ3) is 2.79. The van der Waals surface area contributed by atoms with Gasteiger partial charge in [0.2, 0.25) is 5.91 Å². The number of amides is 1. The molecule has 0 radical (unpaired) electrons. The van der Waals surface area contributed by atoms with E-state index < -0.39 is 5.82 Å². The second-order valence-electron chi connectivity index (χ2n) is 3.88. The highest BCUT2D eigenvalue weighted by molar-refractivity contribution is 6.25. The summed E-state index contributed by atoms with van der Waals surface area (Å²) >= 11 is 0. The summed E-state index contributed by atoms with van der Waals surface area (Å²) in [5, 5.41) is 16.9. The molecule has 6 heteroatoms. The van der Waals surface area contributed by atoms with E-state index in [4.69, 9.17) is 10.8 Å². The minimum absolute atomic E-state index is 0.0225. The molecule has 1 aromatic rings. The molecule has 1 aromatic carbocycles. The molecule has 0 saturated heterocycles. The van der Waals surface area contributed by atoms with Crippen LogP contribution < -0.4 is 5.32 Å². The Morgan fingerprint density at radius 2 is 2.21 bits per heavy atom. The van der Waals surface area contributed by atoms with Crippen LogP contribution >= 0.6 is 0 Å². The molecule has 2 rings (SSSR count). The van der Waals surface area contributed by atoms with Gasteiger partial charge in [0.05, 0.1) is 23.5 Å². The van der Waals surface area contributed by atoms with E-state index in [0.29, 0.717) is 22.7 Å². The predicted molar refractivity (Wildman–Crippen MR) is 72.4 cm³/mol. The van der Waals surface area contributed by atoms with E-state index in [1.54, 1.807) is 0 Å². The maximum atomic E-state index is 13.1. The summed E-state index contributed by atoms with van der Waals surface area (Å²) < 4.78 is 13.1. The van der Waals surface area contributed by atoms with Crippen LogP contribution in [0.15, 0.2) is 34.8 Å². The van der Waals surface area contributed by atoms with Gasteiger partial charge < -0.3 is 16.1 Å². The number of hydrogen-bond donors (Lipinski definition) is 3. The number of carbonyl (C=O) groups is 1. The Morgan fingerprint density at radius 1 is 1.42 bits per heavy atom. The summed E-state index contributed by atoms with van der Waals surface area (Å²) in [7, 11) is 0. The van der Waals surface area contributed by atoms with Crippen LogP contribution in [-0.4, -0.2) is 24.0 Å². The van der Waals surface area contributed by atoms with Crippen molar-refractivity contribution in [2.24, 2.45) is 4.99 Å². The van der Waals surface area contributed by atoms with Crippen LogP contribution in [0, 0.1) is 16.6 Å². The number of rotatable bonds is 3. The summed E-state index contributed by atoms with van der Waals surface area (Å²) in [6.07, 6.45) is 3.42. The van der Waals surface area contributed by atoms with Gasteiger partial charge in [-0.05, 0) is 24.3 Å². The Kier molecular flexibility index (Phi) is 3.61. The molecule has 0 aliphatic carbocycles. The lowest BCUT2D eigenvalue weighted by atomic mass is 10.1. The lowest BCUT2D eigenvalue weighted by molar-refractivity contribution is -0.115. The summed E-state index contributed by atoms with van der Waals surface area (Å²) in [5.41, 5.74) is 1.49. The number of aliphatic imine (C=N–C) groups is 1. The lowest BCUT2D eigenvalue weighted by Crippen LogP contribution is -2.16. The maximum Gasteiger partial charge on any atom is 0.230 e. The van der Waals surface area contributed by atoms with Gasteiger partial charge in [-0.25, -0.2) is 4.39 Å². The molecule has 96 valence electrons. The van der Waals surface area contributed by atoms with Gasteiger partial charge in [-0.1, -0.05) is 0 Å². The van der Waals surface area contributed by atoms with Crippen molar-refractivity contribution in [3.05, 3.63) is 35.7 Å². The number of hydrogen-bond acceptors (Lipinski definition) is 4. The predicted octanol–water partition coefficient (Wildman–Crippen LogP) is 2.47. The Bertz CT molecular complexity index is 619. The summed E-state index contributed by atoms with van der Waals surface area (Å²) in [5.74, 6) is -0.791. The average Bonchev–Trinajstić information content (AvgIpc) is 2.53. The fourth-order valence-electron chi connectivity index (χ4n) is 1.72. The van der Waals surface area contributed by atoms with Crippen molar-refractivity contribution in [1.29, 1.82) is 10.8 Å². The van der Waals surface area contributed by atoms with Crippen LogP contribution in [0.3, 0.4) is 0 Å². The Hall–Kier alpha value is -2.63. The second kappa shape index (κ2) is 5.34. The van der Waals surface area contributed by atoms with Crippen molar-refractivity contribution in [1.82, 2.24) is 0 Å². The highest BCUT2D eigenvalue weighted by Crippen LogP contribution is 2.29. The van der Waals surface area contributed by atoms with Gasteiger partial charge in [0.25, 0.3) is 0 Å². The van der Waals surface area contributed by atoms with Crippen molar-refractivity contribution in [2.75, 3.05) is 5.32 Å². The van der Waals surface area contributed by atoms with Gasteiger partial charge >= 0.3 is 0 Å². The first kappa shape index (κ1) is 12.8. The highest BCUT2D eigenvalue weighted by Gasteiger charge is 2.18. The van der Waals surface area contributed by atoms with Crippen LogP contribution in [0.5, 0.6) is 0 Å². The van der Waals surface area contributed by atoms with Crippen molar-refractivity contribution in [3.8, 4) is 0 Å². The number of carbonyl (C=O) groups excluding carboxylic acids is 1. The number of allylic oxidation sites excluding steroid dienone is 2. The molecule has 1 amide bonds. The van der Waals surface area contributed by atoms with Crippen LogP contribution in [0.4, 0.5) is 15.8 Å². The van der Waals surface area contributed by atoms with Crippen molar-refractivity contribution >= 4 is 35.4 Å². The van der Waals surface area contributed by atoms with Gasteiger partial charge in [-0.3, -0.25) is 9.79 Å². The van der Waals surface area contributed by atoms with Gasteiger partial charge in [0, 0.05) is 18.0 Å². The van der Waals surface area contributed by atoms with Crippen LogP contribution in [0.2, 0.25) is 0 Å². The molecule has 0 unspecified atom stereocenters. The molecule has 3 N–H and O–H groups in total. The van der Waals surface area contributed by atoms with Crippen molar-refractivity contribution in [3.63, 3.8) is 0 Å². The number of nitrogens with one attached hydrogen (secondary N) is 3. The fourth-order valence-corrected chi connectivity index (χ4v) is 1.72. The molecular formula is C13H11FN4O. The second-order valence-corrected chi connectivity index (χ2v) is 3.88. The summed E-state index contributed by atoms with van der Waals surface area (Å²) in [6, 6.07) is 3.91. The van der Waals surface area contributed by atoms with E-state index >= 15 is 0 Å². The molecule has 5 nitrogen and oxygen atoms in total. The summed E-state index contributed by atoms with van der Waals surface area (Å²) in [6.45, 7) is 0. The Labute approximate surface area is 108 Å². The van der Waals surface area contributed by atoms with E-state index in [-0.39, 0.29) is 12.3 Å². The monoisotopic (exact) mass is 258 g/mol. The largest absolute Gasteiger partial charge is 0.324 e. The average molecular weight is 258 g/mol. The molecule has 0 atom stereocenters.